The van der Waals surface area contributed by atoms with Gasteiger partial charge in [0.05, 0.1) is 44.0 Å². The van der Waals surface area contributed by atoms with Gasteiger partial charge in [-0.15, -0.1) is 0 Å². The molecule has 0 N–H and O–H groups in total. The van der Waals surface area contributed by atoms with E-state index in [0.717, 1.165) is 0 Å². The molecule has 1 heterocycles. The number of benzene rings is 1. The Kier molecular flexibility index (Phi) is 6.44. The lowest BCUT2D eigenvalue weighted by Crippen LogP contribution is -2.35. The smallest absolute Gasteiger partial charge is 0.260 e. The Bertz CT molecular complexity index is 788. The first-order valence-corrected chi connectivity index (χ1v) is 7.56. The molecule has 0 bridgehead atoms. The monoisotopic (exact) mass is 339 g/mol. The summed E-state index contributed by atoms with van der Waals surface area (Å²) >= 11 is 0. The fourth-order valence-corrected chi connectivity index (χ4v) is 2.15. The summed E-state index contributed by atoms with van der Waals surface area (Å²) in [5, 5.41) is 17.7. The van der Waals surface area contributed by atoms with Crippen molar-refractivity contribution in [1.29, 1.82) is 10.5 Å². The summed E-state index contributed by atoms with van der Waals surface area (Å²) in [6.45, 7) is 0.333. The van der Waals surface area contributed by atoms with E-state index in [1.807, 2.05) is 12.1 Å². The predicted octanol–water partition coefficient (Wildman–Crippen LogP) is 2.48. The third-order valence-electron chi connectivity index (χ3n) is 3.42. The number of furan rings is 1. The van der Waals surface area contributed by atoms with E-state index in [2.05, 4.69) is 0 Å². The summed E-state index contributed by atoms with van der Waals surface area (Å²) in [6.07, 6.45) is 1.74. The third kappa shape index (κ3) is 5.02. The summed E-state index contributed by atoms with van der Waals surface area (Å²) < 4.78 is 16.0. The Hall–Kier alpha value is -3.45. The Labute approximate surface area is 145 Å². The highest BCUT2D eigenvalue weighted by Crippen LogP contribution is 2.27. The third-order valence-corrected chi connectivity index (χ3v) is 3.42. The molecule has 0 spiro atoms. The molecule has 2 rings (SSSR count). The molecule has 0 atom stereocenters. The fourth-order valence-electron chi connectivity index (χ4n) is 2.15. The summed E-state index contributed by atoms with van der Waals surface area (Å²) in [7, 11) is 1.46. The molecule has 1 aromatic carbocycles. The van der Waals surface area contributed by atoms with Crippen LogP contribution in [-0.4, -0.2) is 31.1 Å². The second kappa shape index (κ2) is 8.99. The maximum atomic E-state index is 12.4. The maximum absolute atomic E-state index is 12.4. The van der Waals surface area contributed by atoms with E-state index in [1.165, 1.54) is 24.3 Å². The van der Waals surface area contributed by atoms with Crippen LogP contribution >= 0.6 is 0 Å². The van der Waals surface area contributed by atoms with Crippen LogP contribution in [0.3, 0.4) is 0 Å². The van der Waals surface area contributed by atoms with E-state index >= 15 is 0 Å². The number of hydrogen-bond acceptors (Lipinski definition) is 6. The van der Waals surface area contributed by atoms with Gasteiger partial charge in [0, 0.05) is 12.6 Å². The predicted molar refractivity (Wildman–Crippen MR) is 87.6 cm³/mol. The van der Waals surface area contributed by atoms with Crippen molar-refractivity contribution >= 4 is 5.91 Å². The van der Waals surface area contributed by atoms with Gasteiger partial charge in [0.1, 0.15) is 5.76 Å². The molecular weight excluding hydrogens is 322 g/mol. The van der Waals surface area contributed by atoms with Gasteiger partial charge in [-0.3, -0.25) is 4.79 Å². The number of carbonyl (C=O) groups excluding carboxylic acids is 1. The van der Waals surface area contributed by atoms with Gasteiger partial charge in [0.15, 0.2) is 18.1 Å². The van der Waals surface area contributed by atoms with Crippen LogP contribution in [-0.2, 0) is 11.3 Å². The molecule has 128 valence electrons. The first kappa shape index (κ1) is 17.9. The Morgan fingerprint density at radius 1 is 1.28 bits per heavy atom. The van der Waals surface area contributed by atoms with Crippen molar-refractivity contribution < 1.29 is 18.7 Å². The molecule has 0 radical (unpaired) electrons. The van der Waals surface area contributed by atoms with Crippen molar-refractivity contribution in [1.82, 2.24) is 4.90 Å². The van der Waals surface area contributed by atoms with Crippen molar-refractivity contribution in [2.24, 2.45) is 0 Å². The first-order chi connectivity index (χ1) is 12.2. The van der Waals surface area contributed by atoms with Crippen molar-refractivity contribution in [3.05, 3.63) is 47.9 Å². The lowest BCUT2D eigenvalue weighted by Gasteiger charge is -2.21. The SMILES string of the molecule is COc1cc(C#N)ccc1OCC(=O)N(CCC#N)Cc1ccco1. The van der Waals surface area contributed by atoms with Crippen molar-refractivity contribution in [3.8, 4) is 23.6 Å². The van der Waals surface area contributed by atoms with Crippen LogP contribution in [0, 0.1) is 22.7 Å². The second-order valence-corrected chi connectivity index (χ2v) is 5.07. The van der Waals surface area contributed by atoms with Gasteiger partial charge in [-0.2, -0.15) is 10.5 Å². The summed E-state index contributed by atoms with van der Waals surface area (Å²) in [4.78, 5) is 13.9. The molecule has 25 heavy (non-hydrogen) atoms. The average molecular weight is 339 g/mol. The van der Waals surface area contributed by atoms with Crippen LogP contribution in [0.4, 0.5) is 0 Å². The first-order valence-electron chi connectivity index (χ1n) is 7.56. The van der Waals surface area contributed by atoms with E-state index in [-0.39, 0.29) is 32.0 Å². The van der Waals surface area contributed by atoms with Crippen LogP contribution in [0.2, 0.25) is 0 Å². The minimum absolute atomic E-state index is 0.214. The van der Waals surface area contributed by atoms with Gasteiger partial charge in [0.25, 0.3) is 5.91 Å². The lowest BCUT2D eigenvalue weighted by molar-refractivity contribution is -0.134. The molecule has 0 saturated heterocycles. The van der Waals surface area contributed by atoms with E-state index in [9.17, 15) is 4.79 Å². The van der Waals surface area contributed by atoms with Crippen LogP contribution < -0.4 is 9.47 Å². The number of rotatable bonds is 8. The van der Waals surface area contributed by atoms with Gasteiger partial charge in [-0.25, -0.2) is 0 Å². The molecule has 0 unspecified atom stereocenters. The Balaban J connectivity index is 2.03. The van der Waals surface area contributed by atoms with Gasteiger partial charge in [0.2, 0.25) is 0 Å². The lowest BCUT2D eigenvalue weighted by atomic mass is 10.2. The summed E-state index contributed by atoms with van der Waals surface area (Å²) in [6, 6.07) is 12.2. The zero-order valence-corrected chi connectivity index (χ0v) is 13.8. The molecule has 0 aliphatic heterocycles. The van der Waals surface area contributed by atoms with Gasteiger partial charge >= 0.3 is 0 Å². The molecule has 0 aliphatic carbocycles. The minimum Gasteiger partial charge on any atom is -0.493 e. The number of methoxy groups -OCH3 is 1. The van der Waals surface area contributed by atoms with Crippen LogP contribution in [0.15, 0.2) is 41.0 Å². The zero-order valence-electron chi connectivity index (χ0n) is 13.8. The number of nitrogens with zero attached hydrogens (tertiary/aromatic N) is 3. The Morgan fingerprint density at radius 3 is 2.76 bits per heavy atom. The largest absolute Gasteiger partial charge is 0.493 e. The second-order valence-electron chi connectivity index (χ2n) is 5.07. The number of amides is 1. The topological polar surface area (TPSA) is 99.5 Å². The van der Waals surface area contributed by atoms with Gasteiger partial charge in [-0.05, 0) is 24.3 Å². The van der Waals surface area contributed by atoms with E-state index < -0.39 is 0 Å². The number of carbonyl (C=O) groups is 1. The van der Waals surface area contributed by atoms with Gasteiger partial charge in [-0.1, -0.05) is 0 Å². The molecule has 0 saturated carbocycles. The molecule has 1 aromatic heterocycles. The highest BCUT2D eigenvalue weighted by Gasteiger charge is 2.17. The van der Waals surface area contributed by atoms with Gasteiger partial charge < -0.3 is 18.8 Å². The highest BCUT2D eigenvalue weighted by molar-refractivity contribution is 5.77. The molecule has 2 aromatic rings. The molecule has 0 aliphatic rings. The zero-order chi connectivity index (χ0) is 18.1. The fraction of sp³-hybridized carbons (Fsp3) is 0.278. The molecule has 0 fully saturated rings. The highest BCUT2D eigenvalue weighted by atomic mass is 16.5. The number of nitriles is 2. The van der Waals surface area contributed by atoms with Crippen LogP contribution in [0.5, 0.6) is 11.5 Å². The van der Waals surface area contributed by atoms with Crippen molar-refractivity contribution in [2.45, 2.75) is 13.0 Å². The number of ether oxygens (including phenoxy) is 2. The summed E-state index contributed by atoms with van der Waals surface area (Å²) in [5.41, 5.74) is 0.434. The van der Waals surface area contributed by atoms with E-state index in [4.69, 9.17) is 24.4 Å². The number of hydrogen-bond donors (Lipinski definition) is 0. The average Bonchev–Trinajstić information content (AvgIpc) is 3.16. The minimum atomic E-state index is -0.280. The molecule has 7 nitrogen and oxygen atoms in total. The van der Waals surface area contributed by atoms with Crippen molar-refractivity contribution in [2.75, 3.05) is 20.3 Å². The molecular formula is C18H17N3O4. The standard InChI is InChI=1S/C18H17N3O4/c1-23-17-10-14(11-20)5-6-16(17)25-13-18(22)21(8-3-7-19)12-15-4-2-9-24-15/h2,4-6,9-10H,3,8,12-13H2,1H3. The van der Waals surface area contributed by atoms with E-state index in [0.29, 0.717) is 22.8 Å². The Morgan fingerprint density at radius 2 is 2.12 bits per heavy atom. The normalized spacial score (nSPS) is 9.72. The summed E-state index contributed by atoms with van der Waals surface area (Å²) in [5.74, 6) is 1.09. The van der Waals surface area contributed by atoms with Crippen molar-refractivity contribution in [3.63, 3.8) is 0 Å². The molecule has 1 amide bonds. The van der Waals surface area contributed by atoms with Crippen LogP contribution in [0.1, 0.15) is 17.7 Å². The quantitative estimate of drug-likeness (QED) is 0.732. The molecule has 7 heteroatoms. The van der Waals surface area contributed by atoms with Crippen LogP contribution in [0.25, 0.3) is 0 Å². The van der Waals surface area contributed by atoms with E-state index in [1.54, 1.807) is 24.3 Å². The maximum Gasteiger partial charge on any atom is 0.260 e.